The van der Waals surface area contributed by atoms with Gasteiger partial charge in [-0.1, -0.05) is 29.8 Å². The fraction of sp³-hybridized carbons (Fsp3) is 0.500. The minimum absolute atomic E-state index is 0. The Morgan fingerprint density at radius 1 is 1.40 bits per heavy atom. The van der Waals surface area contributed by atoms with Crippen molar-refractivity contribution in [3.8, 4) is 0 Å². The molecule has 2 rings (SSSR count). The maximum absolute atomic E-state index is 9.57. The molecule has 1 aromatic carbocycles. The van der Waals surface area contributed by atoms with E-state index in [1.165, 1.54) is 11.1 Å². The molecule has 2 atom stereocenters. The van der Waals surface area contributed by atoms with E-state index in [0.717, 1.165) is 19.4 Å². The number of halogens is 1. The van der Waals surface area contributed by atoms with Crippen LogP contribution in [-0.2, 0) is 0 Å². The number of piperidine rings is 1. The van der Waals surface area contributed by atoms with Gasteiger partial charge in [-0.25, -0.2) is 0 Å². The molecule has 1 aliphatic rings. The molecule has 0 amide bonds. The number of rotatable bonds is 1. The minimum Gasteiger partial charge on any atom is -0.393 e. The van der Waals surface area contributed by atoms with Crippen molar-refractivity contribution in [2.45, 2.75) is 31.9 Å². The zero-order chi connectivity index (χ0) is 9.97. The van der Waals surface area contributed by atoms with E-state index in [1.54, 1.807) is 0 Å². The summed E-state index contributed by atoms with van der Waals surface area (Å²) >= 11 is 0. The molecular weight excluding hydrogens is 210 g/mol. The molecule has 84 valence electrons. The van der Waals surface area contributed by atoms with E-state index < -0.39 is 0 Å². The Morgan fingerprint density at radius 2 is 2.20 bits per heavy atom. The standard InChI is InChI=1S/C12H17NO.ClH/c1-9-3-2-4-10(7-9)12-8-11(14)5-6-13-12;/h2-4,7,11-14H,5-6,8H2,1H3;1H. The van der Waals surface area contributed by atoms with Gasteiger partial charge in [-0.2, -0.15) is 0 Å². The molecule has 0 aromatic heterocycles. The lowest BCUT2D eigenvalue weighted by molar-refractivity contribution is 0.116. The van der Waals surface area contributed by atoms with E-state index in [2.05, 4.69) is 36.5 Å². The molecule has 0 radical (unpaired) electrons. The lowest BCUT2D eigenvalue weighted by Gasteiger charge is -2.27. The summed E-state index contributed by atoms with van der Waals surface area (Å²) in [6.45, 7) is 3.02. The molecule has 3 heteroatoms. The van der Waals surface area contributed by atoms with E-state index in [-0.39, 0.29) is 18.5 Å². The highest BCUT2D eigenvalue weighted by atomic mass is 35.5. The zero-order valence-corrected chi connectivity index (χ0v) is 9.76. The van der Waals surface area contributed by atoms with Crippen molar-refractivity contribution in [3.05, 3.63) is 35.4 Å². The molecule has 1 fully saturated rings. The molecule has 1 aromatic rings. The fourth-order valence-electron chi connectivity index (χ4n) is 2.04. The summed E-state index contributed by atoms with van der Waals surface area (Å²) in [6.07, 6.45) is 1.58. The molecule has 2 N–H and O–H groups in total. The maximum atomic E-state index is 9.57. The first kappa shape index (κ1) is 12.5. The quantitative estimate of drug-likeness (QED) is 0.771. The third-order valence-electron chi connectivity index (χ3n) is 2.82. The van der Waals surface area contributed by atoms with Crippen molar-refractivity contribution < 1.29 is 5.11 Å². The first-order chi connectivity index (χ1) is 6.75. The Hall–Kier alpha value is -0.570. The Balaban J connectivity index is 0.00000112. The molecule has 15 heavy (non-hydrogen) atoms. The Labute approximate surface area is 97.1 Å². The number of nitrogens with one attached hydrogen (secondary N) is 1. The Bertz CT molecular complexity index is 316. The first-order valence-electron chi connectivity index (χ1n) is 5.24. The van der Waals surface area contributed by atoms with E-state index in [0.29, 0.717) is 6.04 Å². The third kappa shape index (κ3) is 3.20. The van der Waals surface area contributed by atoms with Gasteiger partial charge in [0.25, 0.3) is 0 Å². The first-order valence-corrected chi connectivity index (χ1v) is 5.24. The van der Waals surface area contributed by atoms with Crippen LogP contribution in [-0.4, -0.2) is 17.8 Å². The molecule has 1 saturated heterocycles. The number of aryl methyl sites for hydroxylation is 1. The van der Waals surface area contributed by atoms with Crippen molar-refractivity contribution in [2.24, 2.45) is 0 Å². The second kappa shape index (κ2) is 5.50. The van der Waals surface area contributed by atoms with Gasteiger partial charge in [0.1, 0.15) is 0 Å². The number of hydrogen-bond donors (Lipinski definition) is 2. The van der Waals surface area contributed by atoms with Crippen LogP contribution in [0.25, 0.3) is 0 Å². The average molecular weight is 228 g/mol. The van der Waals surface area contributed by atoms with Gasteiger partial charge >= 0.3 is 0 Å². The van der Waals surface area contributed by atoms with Gasteiger partial charge in [-0.3, -0.25) is 0 Å². The zero-order valence-electron chi connectivity index (χ0n) is 8.94. The van der Waals surface area contributed by atoms with E-state index in [1.807, 2.05) is 0 Å². The number of benzene rings is 1. The summed E-state index contributed by atoms with van der Waals surface area (Å²) < 4.78 is 0. The summed E-state index contributed by atoms with van der Waals surface area (Å²) in [6, 6.07) is 8.83. The lowest BCUT2D eigenvalue weighted by atomic mass is 9.95. The summed E-state index contributed by atoms with van der Waals surface area (Å²) in [4.78, 5) is 0. The van der Waals surface area contributed by atoms with Gasteiger partial charge in [-0.05, 0) is 31.9 Å². The van der Waals surface area contributed by atoms with Crippen LogP contribution in [0.3, 0.4) is 0 Å². The highest BCUT2D eigenvalue weighted by Crippen LogP contribution is 2.23. The van der Waals surface area contributed by atoms with Crippen molar-refractivity contribution in [2.75, 3.05) is 6.54 Å². The highest BCUT2D eigenvalue weighted by molar-refractivity contribution is 5.85. The lowest BCUT2D eigenvalue weighted by Crippen LogP contribution is -2.34. The molecular formula is C12H18ClNO. The van der Waals surface area contributed by atoms with Crippen LogP contribution in [0, 0.1) is 6.92 Å². The Kier molecular flexibility index (Phi) is 4.58. The van der Waals surface area contributed by atoms with Crippen molar-refractivity contribution >= 4 is 12.4 Å². The molecule has 0 aliphatic carbocycles. The van der Waals surface area contributed by atoms with Crippen molar-refractivity contribution in [1.29, 1.82) is 0 Å². The second-order valence-electron chi connectivity index (χ2n) is 4.10. The summed E-state index contributed by atoms with van der Waals surface area (Å²) in [5, 5.41) is 13.0. The van der Waals surface area contributed by atoms with Gasteiger partial charge in [0.15, 0.2) is 0 Å². The predicted octanol–water partition coefficient (Wildman–Crippen LogP) is 2.20. The van der Waals surface area contributed by atoms with Gasteiger partial charge < -0.3 is 10.4 Å². The fourth-order valence-corrected chi connectivity index (χ4v) is 2.04. The van der Waals surface area contributed by atoms with Gasteiger partial charge in [0.05, 0.1) is 6.10 Å². The van der Waals surface area contributed by atoms with Crippen LogP contribution in [0.2, 0.25) is 0 Å². The molecule has 0 saturated carbocycles. The number of hydrogen-bond acceptors (Lipinski definition) is 2. The van der Waals surface area contributed by atoms with Crippen molar-refractivity contribution in [3.63, 3.8) is 0 Å². The van der Waals surface area contributed by atoms with Crippen LogP contribution < -0.4 is 5.32 Å². The van der Waals surface area contributed by atoms with Crippen molar-refractivity contribution in [1.82, 2.24) is 5.32 Å². The summed E-state index contributed by atoms with van der Waals surface area (Å²) in [5.41, 5.74) is 2.58. The molecule has 2 nitrogen and oxygen atoms in total. The normalized spacial score (nSPS) is 25.7. The number of aliphatic hydroxyl groups excluding tert-OH is 1. The minimum atomic E-state index is -0.137. The predicted molar refractivity (Wildman–Crippen MR) is 64.4 cm³/mol. The largest absolute Gasteiger partial charge is 0.393 e. The van der Waals surface area contributed by atoms with E-state index in [4.69, 9.17) is 0 Å². The van der Waals surface area contributed by atoms with Gasteiger partial charge in [-0.15, -0.1) is 12.4 Å². The van der Waals surface area contributed by atoms with E-state index >= 15 is 0 Å². The second-order valence-corrected chi connectivity index (χ2v) is 4.10. The summed E-state index contributed by atoms with van der Waals surface area (Å²) in [7, 11) is 0. The molecule has 0 bridgehead atoms. The average Bonchev–Trinajstić information content (AvgIpc) is 2.18. The van der Waals surface area contributed by atoms with Crippen LogP contribution in [0.1, 0.15) is 30.0 Å². The van der Waals surface area contributed by atoms with Crippen LogP contribution >= 0.6 is 12.4 Å². The van der Waals surface area contributed by atoms with Crippen LogP contribution in [0.5, 0.6) is 0 Å². The molecule has 0 spiro atoms. The maximum Gasteiger partial charge on any atom is 0.0570 e. The molecule has 1 heterocycles. The van der Waals surface area contributed by atoms with Gasteiger partial charge in [0.2, 0.25) is 0 Å². The Morgan fingerprint density at radius 3 is 2.87 bits per heavy atom. The SMILES string of the molecule is Cc1cccc(C2CC(O)CCN2)c1.Cl. The molecule has 2 unspecified atom stereocenters. The monoisotopic (exact) mass is 227 g/mol. The highest BCUT2D eigenvalue weighted by Gasteiger charge is 2.20. The topological polar surface area (TPSA) is 32.3 Å². The third-order valence-corrected chi connectivity index (χ3v) is 2.82. The van der Waals surface area contributed by atoms with Gasteiger partial charge in [0, 0.05) is 6.04 Å². The smallest absolute Gasteiger partial charge is 0.0570 e. The van der Waals surface area contributed by atoms with Crippen LogP contribution in [0.15, 0.2) is 24.3 Å². The van der Waals surface area contributed by atoms with E-state index in [9.17, 15) is 5.11 Å². The van der Waals surface area contributed by atoms with Crippen LogP contribution in [0.4, 0.5) is 0 Å². The summed E-state index contributed by atoms with van der Waals surface area (Å²) in [5.74, 6) is 0. The number of aliphatic hydroxyl groups is 1. The molecule has 1 aliphatic heterocycles.